The average Bonchev–Trinajstić information content (AvgIpc) is 2.08. The Labute approximate surface area is 74.2 Å². The van der Waals surface area contributed by atoms with Gasteiger partial charge in [-0.1, -0.05) is 11.6 Å². The molecule has 0 bridgehead atoms. The lowest BCUT2D eigenvalue weighted by Crippen LogP contribution is -2.56. The van der Waals surface area contributed by atoms with Crippen LogP contribution in [0.25, 0.3) is 0 Å². The molecular formula is C6H11ClO5. The summed E-state index contributed by atoms with van der Waals surface area (Å²) in [6.07, 6.45) is -4.95. The molecule has 1 aliphatic heterocycles. The molecule has 1 unspecified atom stereocenters. The summed E-state index contributed by atoms with van der Waals surface area (Å²) in [6, 6.07) is 0. The van der Waals surface area contributed by atoms with Gasteiger partial charge in [0.1, 0.15) is 24.4 Å². The largest absolute Gasteiger partial charge is 0.394 e. The van der Waals surface area contributed by atoms with Gasteiger partial charge in [-0.25, -0.2) is 0 Å². The molecule has 0 aromatic heterocycles. The number of aliphatic hydroxyl groups is 4. The monoisotopic (exact) mass is 198 g/mol. The number of hydrogen-bond donors (Lipinski definition) is 4. The summed E-state index contributed by atoms with van der Waals surface area (Å²) < 4.78 is 4.79. The lowest BCUT2D eigenvalue weighted by Gasteiger charge is -2.37. The fraction of sp³-hybridized carbons (Fsp3) is 1.00. The molecule has 0 amide bonds. The standard InChI is InChI=1S/C6H11ClO5/c7-6-5(11)4(10)3(9)2(1-8)12-6/h2-6,8-11H,1H2/t2-,3-,4+,5-,6?/m1/s1. The van der Waals surface area contributed by atoms with Gasteiger partial charge in [0.2, 0.25) is 0 Å². The van der Waals surface area contributed by atoms with Gasteiger partial charge < -0.3 is 25.2 Å². The van der Waals surface area contributed by atoms with E-state index in [1.54, 1.807) is 0 Å². The van der Waals surface area contributed by atoms with Crippen LogP contribution in [0.4, 0.5) is 0 Å². The molecule has 1 fully saturated rings. The smallest absolute Gasteiger partial charge is 0.160 e. The van der Waals surface area contributed by atoms with Crippen LogP contribution in [0.3, 0.4) is 0 Å². The molecule has 0 aliphatic carbocycles. The van der Waals surface area contributed by atoms with Crippen LogP contribution in [0, 0.1) is 0 Å². The summed E-state index contributed by atoms with van der Waals surface area (Å²) in [4.78, 5) is 0. The van der Waals surface area contributed by atoms with E-state index in [0.29, 0.717) is 0 Å². The Kier molecular flexibility index (Phi) is 3.28. The van der Waals surface area contributed by atoms with Crippen LogP contribution in [-0.4, -0.2) is 57.0 Å². The van der Waals surface area contributed by atoms with Crippen LogP contribution in [0.5, 0.6) is 0 Å². The van der Waals surface area contributed by atoms with E-state index in [2.05, 4.69) is 0 Å². The Morgan fingerprint density at radius 3 is 2.17 bits per heavy atom. The van der Waals surface area contributed by atoms with Crippen molar-refractivity contribution in [3.63, 3.8) is 0 Å². The van der Waals surface area contributed by atoms with Crippen molar-refractivity contribution in [1.29, 1.82) is 0 Å². The maximum atomic E-state index is 9.17. The van der Waals surface area contributed by atoms with E-state index in [0.717, 1.165) is 0 Å². The van der Waals surface area contributed by atoms with Gasteiger partial charge in [0.15, 0.2) is 5.56 Å². The SMILES string of the molecule is OC[C@H]1OC(Cl)[C@H](O)[C@@H](O)[C@@H]1O. The Morgan fingerprint density at radius 2 is 1.67 bits per heavy atom. The van der Waals surface area contributed by atoms with E-state index < -0.39 is 36.6 Å². The third kappa shape index (κ3) is 1.71. The molecule has 1 heterocycles. The maximum Gasteiger partial charge on any atom is 0.160 e. The Balaban J connectivity index is 2.63. The van der Waals surface area contributed by atoms with E-state index in [4.69, 9.17) is 31.7 Å². The topological polar surface area (TPSA) is 90.2 Å². The maximum absolute atomic E-state index is 9.17. The molecule has 5 nitrogen and oxygen atoms in total. The molecule has 72 valence electrons. The van der Waals surface area contributed by atoms with Crippen LogP contribution >= 0.6 is 11.6 Å². The number of hydrogen-bond acceptors (Lipinski definition) is 5. The first-order valence-electron chi connectivity index (χ1n) is 3.52. The molecule has 1 saturated heterocycles. The van der Waals surface area contributed by atoms with Crippen molar-refractivity contribution < 1.29 is 25.2 Å². The van der Waals surface area contributed by atoms with Gasteiger partial charge in [0, 0.05) is 0 Å². The zero-order chi connectivity index (χ0) is 9.30. The average molecular weight is 199 g/mol. The Hall–Kier alpha value is 0.0900. The summed E-state index contributed by atoms with van der Waals surface area (Å²) in [7, 11) is 0. The van der Waals surface area contributed by atoms with E-state index in [1.807, 2.05) is 0 Å². The van der Waals surface area contributed by atoms with Crippen LogP contribution in [0.15, 0.2) is 0 Å². The van der Waals surface area contributed by atoms with Gasteiger partial charge in [-0.2, -0.15) is 0 Å². The van der Waals surface area contributed by atoms with Crippen molar-refractivity contribution in [1.82, 2.24) is 0 Å². The molecule has 1 rings (SSSR count). The summed E-state index contributed by atoms with van der Waals surface area (Å²) >= 11 is 5.45. The molecule has 0 radical (unpaired) electrons. The van der Waals surface area contributed by atoms with Gasteiger partial charge in [0.05, 0.1) is 6.61 Å². The van der Waals surface area contributed by atoms with Crippen LogP contribution in [0.1, 0.15) is 0 Å². The van der Waals surface area contributed by atoms with Crippen LogP contribution in [0.2, 0.25) is 0 Å². The highest BCUT2D eigenvalue weighted by Gasteiger charge is 2.42. The second-order valence-corrected chi connectivity index (χ2v) is 3.11. The third-order valence-corrected chi connectivity index (χ3v) is 2.20. The molecule has 6 heteroatoms. The first kappa shape index (κ1) is 10.2. The molecule has 0 spiro atoms. The van der Waals surface area contributed by atoms with Crippen molar-refractivity contribution in [3.05, 3.63) is 0 Å². The van der Waals surface area contributed by atoms with E-state index in [1.165, 1.54) is 0 Å². The van der Waals surface area contributed by atoms with Crippen molar-refractivity contribution in [2.24, 2.45) is 0 Å². The highest BCUT2D eigenvalue weighted by Crippen LogP contribution is 2.22. The van der Waals surface area contributed by atoms with Crippen molar-refractivity contribution in [2.45, 2.75) is 30.0 Å². The van der Waals surface area contributed by atoms with Gasteiger partial charge in [-0.3, -0.25) is 0 Å². The Bertz CT molecular complexity index is 150. The lowest BCUT2D eigenvalue weighted by molar-refractivity contribution is -0.207. The minimum Gasteiger partial charge on any atom is -0.394 e. The van der Waals surface area contributed by atoms with E-state index >= 15 is 0 Å². The van der Waals surface area contributed by atoms with Crippen molar-refractivity contribution in [2.75, 3.05) is 6.61 Å². The molecule has 12 heavy (non-hydrogen) atoms. The van der Waals surface area contributed by atoms with Crippen LogP contribution in [-0.2, 0) is 4.74 Å². The van der Waals surface area contributed by atoms with Gasteiger partial charge in [-0.15, -0.1) is 0 Å². The highest BCUT2D eigenvalue weighted by molar-refractivity contribution is 6.20. The fourth-order valence-corrected chi connectivity index (χ4v) is 1.34. The molecule has 5 atom stereocenters. The Morgan fingerprint density at radius 1 is 1.08 bits per heavy atom. The second kappa shape index (κ2) is 3.87. The number of ether oxygens (including phenoxy) is 1. The highest BCUT2D eigenvalue weighted by atomic mass is 35.5. The zero-order valence-corrected chi connectivity index (χ0v) is 6.92. The summed E-state index contributed by atoms with van der Waals surface area (Å²) in [5, 5.41) is 36.0. The minimum atomic E-state index is -1.38. The number of rotatable bonds is 1. The molecule has 0 aromatic carbocycles. The number of aliphatic hydroxyl groups excluding tert-OH is 4. The summed E-state index contributed by atoms with van der Waals surface area (Å²) in [5.41, 5.74) is -1.10. The molecular weight excluding hydrogens is 188 g/mol. The normalized spacial score (nSPS) is 49.2. The fourth-order valence-electron chi connectivity index (χ4n) is 1.06. The van der Waals surface area contributed by atoms with Crippen molar-refractivity contribution >= 4 is 11.6 Å². The van der Waals surface area contributed by atoms with Crippen LogP contribution < -0.4 is 0 Å². The van der Waals surface area contributed by atoms with Gasteiger partial charge >= 0.3 is 0 Å². The van der Waals surface area contributed by atoms with Crippen molar-refractivity contribution in [3.8, 4) is 0 Å². The van der Waals surface area contributed by atoms with E-state index in [-0.39, 0.29) is 0 Å². The first-order chi connectivity index (χ1) is 5.57. The number of alkyl halides is 1. The minimum absolute atomic E-state index is 0.450. The van der Waals surface area contributed by atoms with Gasteiger partial charge in [0.25, 0.3) is 0 Å². The second-order valence-electron chi connectivity index (χ2n) is 2.68. The summed E-state index contributed by atoms with van der Waals surface area (Å²) in [5.74, 6) is 0. The third-order valence-electron chi connectivity index (χ3n) is 1.83. The molecule has 0 saturated carbocycles. The number of halogens is 1. The van der Waals surface area contributed by atoms with E-state index in [9.17, 15) is 5.11 Å². The molecule has 4 N–H and O–H groups in total. The predicted octanol–water partition coefficient (Wildman–Crippen LogP) is -1.97. The lowest BCUT2D eigenvalue weighted by atomic mass is 10.0. The van der Waals surface area contributed by atoms with Gasteiger partial charge in [-0.05, 0) is 0 Å². The first-order valence-corrected chi connectivity index (χ1v) is 3.96. The summed E-state index contributed by atoms with van der Waals surface area (Å²) in [6.45, 7) is -0.450. The molecule has 1 aliphatic rings. The zero-order valence-electron chi connectivity index (χ0n) is 6.17. The predicted molar refractivity (Wildman–Crippen MR) is 39.6 cm³/mol. The quantitative estimate of drug-likeness (QED) is 0.367. The molecule has 0 aromatic rings.